The molecule has 0 aliphatic heterocycles. The maximum atomic E-state index is 12.7. The molecule has 0 amide bonds. The smallest absolute Gasteiger partial charge is 0.403 e. The van der Waals surface area contributed by atoms with Gasteiger partial charge in [0, 0.05) is 16.5 Å². The van der Waals surface area contributed by atoms with Gasteiger partial charge in [-0.2, -0.15) is 10.2 Å². The van der Waals surface area contributed by atoms with Crippen LogP contribution in [0.3, 0.4) is 0 Å². The van der Waals surface area contributed by atoms with E-state index in [0.29, 0.717) is 22.3 Å². The largest absolute Gasteiger partial charge is 0.573 e. The van der Waals surface area contributed by atoms with Gasteiger partial charge in [0.2, 0.25) is 0 Å². The topological polar surface area (TPSA) is 52.8 Å². The fraction of sp³-hybridized carbons (Fsp3) is 0.214. The fourth-order valence-electron chi connectivity index (χ4n) is 2.40. The van der Waals surface area contributed by atoms with Crippen molar-refractivity contribution in [2.75, 3.05) is 0 Å². The summed E-state index contributed by atoms with van der Waals surface area (Å²) in [5.74, 6) is -0.472. The molecule has 0 fully saturated rings. The van der Waals surface area contributed by atoms with Crippen molar-refractivity contribution in [1.82, 2.24) is 20.0 Å². The normalized spacial score (nSPS) is 12.0. The molecule has 3 aromatic rings. The van der Waals surface area contributed by atoms with Crippen LogP contribution in [0.4, 0.5) is 13.2 Å². The van der Waals surface area contributed by atoms with Crippen LogP contribution in [0.2, 0.25) is 10.2 Å². The summed E-state index contributed by atoms with van der Waals surface area (Å²) >= 11 is 11.8. The molecule has 0 aliphatic carbocycles. The Morgan fingerprint density at radius 2 is 1.83 bits per heavy atom. The summed E-state index contributed by atoms with van der Waals surface area (Å²) in [6, 6.07) is 3.89. The van der Waals surface area contributed by atoms with Crippen molar-refractivity contribution >= 4 is 34.1 Å². The van der Waals surface area contributed by atoms with Gasteiger partial charge >= 0.3 is 6.36 Å². The Hall–Kier alpha value is -2.06. The van der Waals surface area contributed by atoms with Crippen molar-refractivity contribution in [3.05, 3.63) is 39.8 Å². The van der Waals surface area contributed by atoms with Crippen LogP contribution in [-0.4, -0.2) is 26.3 Å². The van der Waals surface area contributed by atoms with Gasteiger partial charge in [-0.15, -0.1) is 18.3 Å². The zero-order chi connectivity index (χ0) is 17.6. The number of hydrogen-bond acceptors (Lipinski definition) is 4. The first kappa shape index (κ1) is 16.8. The Bertz CT molecular complexity index is 940. The van der Waals surface area contributed by atoms with Crippen molar-refractivity contribution in [3.8, 4) is 11.4 Å². The van der Waals surface area contributed by atoms with E-state index < -0.39 is 12.1 Å². The molecule has 0 bridgehead atoms. The number of halogens is 5. The van der Waals surface area contributed by atoms with Crippen LogP contribution < -0.4 is 4.74 Å². The number of hydrogen-bond donors (Lipinski definition) is 0. The van der Waals surface area contributed by atoms with Gasteiger partial charge in [0.25, 0.3) is 0 Å². The van der Waals surface area contributed by atoms with Crippen LogP contribution in [-0.2, 0) is 0 Å². The van der Waals surface area contributed by atoms with Crippen LogP contribution in [0.1, 0.15) is 11.4 Å². The molecule has 1 aromatic carbocycles. The van der Waals surface area contributed by atoms with E-state index in [1.165, 1.54) is 16.8 Å². The first-order chi connectivity index (χ1) is 11.2. The highest BCUT2D eigenvalue weighted by Crippen LogP contribution is 2.34. The highest BCUT2D eigenvalue weighted by atomic mass is 35.5. The highest BCUT2D eigenvalue weighted by molar-refractivity contribution is 6.33. The maximum Gasteiger partial charge on any atom is 0.573 e. The van der Waals surface area contributed by atoms with Crippen molar-refractivity contribution in [3.63, 3.8) is 0 Å². The molecule has 3 rings (SSSR count). The van der Waals surface area contributed by atoms with E-state index in [0.717, 1.165) is 6.07 Å². The van der Waals surface area contributed by atoms with Gasteiger partial charge in [-0.3, -0.25) is 0 Å². The van der Waals surface area contributed by atoms with E-state index in [1.54, 1.807) is 13.8 Å². The lowest BCUT2D eigenvalue weighted by molar-refractivity contribution is -0.274. The van der Waals surface area contributed by atoms with Crippen molar-refractivity contribution in [2.45, 2.75) is 20.2 Å². The van der Waals surface area contributed by atoms with Gasteiger partial charge in [0.05, 0.1) is 11.4 Å². The third kappa shape index (κ3) is 2.99. The summed E-state index contributed by atoms with van der Waals surface area (Å²) in [4.78, 5) is 0. The Morgan fingerprint density at radius 3 is 2.46 bits per heavy atom. The lowest BCUT2D eigenvalue weighted by Crippen LogP contribution is -2.18. The van der Waals surface area contributed by atoms with E-state index in [1.807, 2.05) is 0 Å². The molecule has 126 valence electrons. The maximum absolute atomic E-state index is 12.7. The van der Waals surface area contributed by atoms with Crippen LogP contribution >= 0.6 is 23.2 Å². The standard InChI is InChI=1S/C14H9Cl2F3N4O/c1-6-11-7(2)23(22-12(11)13(16)21-20-6)9-4-3-8(15)5-10(9)24-14(17,18)19/h3-5H,1-2H3. The van der Waals surface area contributed by atoms with Gasteiger partial charge in [-0.05, 0) is 26.0 Å². The lowest BCUT2D eigenvalue weighted by atomic mass is 10.2. The molecule has 0 radical (unpaired) electrons. The van der Waals surface area contributed by atoms with Crippen LogP contribution in [0.15, 0.2) is 18.2 Å². The number of ether oxygens (including phenoxy) is 1. The summed E-state index contributed by atoms with van der Waals surface area (Å²) in [6.45, 7) is 3.39. The molecule has 5 nitrogen and oxygen atoms in total. The Kier molecular flexibility index (Phi) is 4.05. The predicted octanol–water partition coefficient (Wildman–Crippen LogP) is 4.64. The molecular weight excluding hydrogens is 368 g/mol. The van der Waals surface area contributed by atoms with Crippen molar-refractivity contribution < 1.29 is 17.9 Å². The molecule has 0 atom stereocenters. The Morgan fingerprint density at radius 1 is 1.12 bits per heavy atom. The number of rotatable bonds is 2. The van der Waals surface area contributed by atoms with E-state index in [9.17, 15) is 13.2 Å². The number of fused-ring (bicyclic) bond motifs is 1. The minimum Gasteiger partial charge on any atom is -0.403 e. The quantitative estimate of drug-likeness (QED) is 0.653. The summed E-state index contributed by atoms with van der Waals surface area (Å²) in [6.07, 6.45) is -4.86. The second-order valence-corrected chi connectivity index (χ2v) is 5.75. The number of alkyl halides is 3. The lowest BCUT2D eigenvalue weighted by Gasteiger charge is -2.14. The zero-order valence-corrected chi connectivity index (χ0v) is 13.8. The van der Waals surface area contributed by atoms with Gasteiger partial charge in [0.1, 0.15) is 11.2 Å². The molecule has 0 saturated carbocycles. The first-order valence-electron chi connectivity index (χ1n) is 6.61. The highest BCUT2D eigenvalue weighted by Gasteiger charge is 2.33. The Balaban J connectivity index is 2.27. The molecule has 0 unspecified atom stereocenters. The minimum absolute atomic E-state index is 0.0599. The van der Waals surface area contributed by atoms with Gasteiger partial charge < -0.3 is 4.74 Å². The van der Waals surface area contributed by atoms with Gasteiger partial charge in [0.15, 0.2) is 10.9 Å². The van der Waals surface area contributed by atoms with Crippen molar-refractivity contribution in [2.24, 2.45) is 0 Å². The molecule has 0 N–H and O–H groups in total. The molecule has 2 heterocycles. The van der Waals surface area contributed by atoms with Crippen LogP contribution in [0, 0.1) is 13.8 Å². The SMILES string of the molecule is Cc1nnc(Cl)c2nn(-c3ccc(Cl)cc3OC(F)(F)F)c(C)c12. The van der Waals surface area contributed by atoms with Crippen molar-refractivity contribution in [1.29, 1.82) is 0 Å². The average Bonchev–Trinajstić information content (AvgIpc) is 2.80. The average molecular weight is 377 g/mol. The molecule has 0 aliphatic rings. The summed E-state index contributed by atoms with van der Waals surface area (Å²) in [5, 5.41) is 12.7. The second kappa shape index (κ2) is 5.78. The monoisotopic (exact) mass is 376 g/mol. The molecule has 24 heavy (non-hydrogen) atoms. The molecule has 0 saturated heterocycles. The number of nitrogens with zero attached hydrogens (tertiary/aromatic N) is 4. The van der Waals surface area contributed by atoms with E-state index in [2.05, 4.69) is 20.0 Å². The number of benzene rings is 1. The predicted molar refractivity (Wildman–Crippen MR) is 82.8 cm³/mol. The van der Waals surface area contributed by atoms with Gasteiger partial charge in [-0.25, -0.2) is 4.68 Å². The summed E-state index contributed by atoms with van der Waals surface area (Å²) in [5.41, 5.74) is 1.52. The fourth-order valence-corrected chi connectivity index (χ4v) is 2.73. The number of aryl methyl sites for hydroxylation is 2. The van der Waals surface area contributed by atoms with E-state index in [-0.39, 0.29) is 15.9 Å². The molecule has 10 heteroatoms. The molecule has 0 spiro atoms. The third-order valence-corrected chi connectivity index (χ3v) is 3.83. The van der Waals surface area contributed by atoms with Crippen LogP contribution in [0.25, 0.3) is 16.6 Å². The zero-order valence-electron chi connectivity index (χ0n) is 12.3. The van der Waals surface area contributed by atoms with Gasteiger partial charge in [-0.1, -0.05) is 23.2 Å². The Labute approximate surface area is 143 Å². The van der Waals surface area contributed by atoms with E-state index >= 15 is 0 Å². The summed E-state index contributed by atoms with van der Waals surface area (Å²) in [7, 11) is 0. The minimum atomic E-state index is -4.86. The first-order valence-corrected chi connectivity index (χ1v) is 7.37. The van der Waals surface area contributed by atoms with E-state index in [4.69, 9.17) is 23.2 Å². The number of aromatic nitrogens is 4. The third-order valence-electron chi connectivity index (χ3n) is 3.34. The van der Waals surface area contributed by atoms with Crippen LogP contribution in [0.5, 0.6) is 5.75 Å². The summed E-state index contributed by atoms with van der Waals surface area (Å²) < 4.78 is 43.4. The molecular formula is C14H9Cl2F3N4O. The molecule has 2 aromatic heterocycles. The second-order valence-electron chi connectivity index (χ2n) is 4.96.